The van der Waals surface area contributed by atoms with Crippen molar-refractivity contribution in [2.45, 2.75) is 76.9 Å². The summed E-state index contributed by atoms with van der Waals surface area (Å²) in [5, 5.41) is 3.97. The van der Waals surface area contributed by atoms with Gasteiger partial charge < -0.3 is 9.88 Å². The zero-order valence-electron chi connectivity index (χ0n) is 13.0. The van der Waals surface area contributed by atoms with Gasteiger partial charge in [0.05, 0.1) is 6.33 Å². The number of nitrogens with zero attached hydrogens (tertiary/aromatic N) is 2. The molecule has 0 spiro atoms. The van der Waals surface area contributed by atoms with Gasteiger partial charge in [-0.05, 0) is 56.8 Å². The molecule has 1 aromatic rings. The summed E-state index contributed by atoms with van der Waals surface area (Å²) in [5.74, 6) is 1.82. The molecule has 2 atom stereocenters. The first kappa shape index (κ1) is 14.1. The number of hydrogen-bond donors (Lipinski definition) is 1. The van der Waals surface area contributed by atoms with Crippen molar-refractivity contribution < 1.29 is 0 Å². The summed E-state index contributed by atoms with van der Waals surface area (Å²) >= 11 is 0. The molecule has 112 valence electrons. The van der Waals surface area contributed by atoms with Crippen LogP contribution >= 0.6 is 0 Å². The average molecular weight is 275 g/mol. The molecule has 0 radical (unpaired) electrons. The second-order valence-electron chi connectivity index (χ2n) is 7.14. The SMILES string of the molecule is CC(C)C1CCC(NC2CCCC2n2ccnc2)CC1. The van der Waals surface area contributed by atoms with Crippen molar-refractivity contribution in [1.82, 2.24) is 14.9 Å². The minimum atomic E-state index is 0.625. The van der Waals surface area contributed by atoms with E-state index in [1.54, 1.807) is 0 Å². The molecular formula is C17H29N3. The smallest absolute Gasteiger partial charge is 0.0949 e. The number of nitrogens with one attached hydrogen (secondary N) is 1. The summed E-state index contributed by atoms with van der Waals surface area (Å²) in [7, 11) is 0. The second-order valence-corrected chi connectivity index (χ2v) is 7.14. The van der Waals surface area contributed by atoms with Gasteiger partial charge in [-0.25, -0.2) is 4.98 Å². The first-order valence-electron chi connectivity index (χ1n) is 8.47. The Morgan fingerprint density at radius 2 is 1.90 bits per heavy atom. The van der Waals surface area contributed by atoms with Crippen molar-refractivity contribution in [3.63, 3.8) is 0 Å². The average Bonchev–Trinajstić information content (AvgIpc) is 3.09. The highest BCUT2D eigenvalue weighted by Gasteiger charge is 2.31. The van der Waals surface area contributed by atoms with E-state index in [9.17, 15) is 0 Å². The molecule has 0 aromatic carbocycles. The lowest BCUT2D eigenvalue weighted by Crippen LogP contribution is -2.43. The van der Waals surface area contributed by atoms with E-state index in [2.05, 4.69) is 34.9 Å². The fraction of sp³-hybridized carbons (Fsp3) is 0.824. The van der Waals surface area contributed by atoms with Crippen LogP contribution < -0.4 is 5.32 Å². The highest BCUT2D eigenvalue weighted by molar-refractivity contribution is 4.94. The monoisotopic (exact) mass is 275 g/mol. The summed E-state index contributed by atoms with van der Waals surface area (Å²) in [6, 6.07) is 2.03. The number of rotatable bonds is 4. The molecule has 2 aliphatic carbocycles. The van der Waals surface area contributed by atoms with Crippen molar-refractivity contribution in [3.8, 4) is 0 Å². The van der Waals surface area contributed by atoms with E-state index < -0.39 is 0 Å². The standard InChI is InChI=1S/C17H29N3/c1-13(2)14-6-8-15(9-7-14)19-16-4-3-5-17(16)20-11-10-18-12-20/h10-17,19H,3-9H2,1-2H3. The number of imidazole rings is 1. The first-order valence-corrected chi connectivity index (χ1v) is 8.47. The Balaban J connectivity index is 1.53. The lowest BCUT2D eigenvalue weighted by atomic mass is 9.79. The fourth-order valence-electron chi connectivity index (χ4n) is 4.21. The number of hydrogen-bond acceptors (Lipinski definition) is 2. The zero-order valence-corrected chi connectivity index (χ0v) is 13.0. The summed E-state index contributed by atoms with van der Waals surface area (Å²) in [6.45, 7) is 4.76. The van der Waals surface area contributed by atoms with E-state index in [-0.39, 0.29) is 0 Å². The van der Waals surface area contributed by atoms with Crippen LogP contribution in [0.15, 0.2) is 18.7 Å². The molecule has 0 aliphatic heterocycles. The van der Waals surface area contributed by atoms with Gasteiger partial charge >= 0.3 is 0 Å². The van der Waals surface area contributed by atoms with Crippen molar-refractivity contribution in [2.75, 3.05) is 0 Å². The van der Waals surface area contributed by atoms with Gasteiger partial charge in [-0.1, -0.05) is 13.8 Å². The van der Waals surface area contributed by atoms with Crippen molar-refractivity contribution in [1.29, 1.82) is 0 Å². The maximum Gasteiger partial charge on any atom is 0.0949 e. The minimum Gasteiger partial charge on any atom is -0.333 e. The molecule has 0 saturated heterocycles. The molecule has 2 saturated carbocycles. The van der Waals surface area contributed by atoms with Crippen LogP contribution in [0.25, 0.3) is 0 Å². The van der Waals surface area contributed by atoms with E-state index >= 15 is 0 Å². The lowest BCUT2D eigenvalue weighted by molar-refractivity contribution is 0.219. The Hall–Kier alpha value is -0.830. The molecule has 2 aliphatic rings. The fourth-order valence-corrected chi connectivity index (χ4v) is 4.21. The molecule has 0 amide bonds. The highest BCUT2D eigenvalue weighted by Crippen LogP contribution is 2.34. The van der Waals surface area contributed by atoms with Crippen molar-refractivity contribution in [3.05, 3.63) is 18.7 Å². The molecule has 3 rings (SSSR count). The minimum absolute atomic E-state index is 0.625. The molecule has 3 nitrogen and oxygen atoms in total. The number of aromatic nitrogens is 2. The summed E-state index contributed by atoms with van der Waals surface area (Å²) < 4.78 is 2.31. The zero-order chi connectivity index (χ0) is 13.9. The van der Waals surface area contributed by atoms with E-state index in [1.165, 1.54) is 44.9 Å². The Bertz CT molecular complexity index is 390. The Morgan fingerprint density at radius 3 is 2.55 bits per heavy atom. The largest absolute Gasteiger partial charge is 0.333 e. The van der Waals surface area contributed by atoms with Gasteiger partial charge in [-0.15, -0.1) is 0 Å². The van der Waals surface area contributed by atoms with E-state index in [0.717, 1.165) is 17.9 Å². The van der Waals surface area contributed by atoms with Crippen LogP contribution in [0.5, 0.6) is 0 Å². The molecule has 3 heteroatoms. The van der Waals surface area contributed by atoms with E-state index in [1.807, 2.05) is 12.5 Å². The van der Waals surface area contributed by atoms with Crippen LogP contribution in [0.4, 0.5) is 0 Å². The molecule has 1 aromatic heterocycles. The summed E-state index contributed by atoms with van der Waals surface area (Å²) in [4.78, 5) is 4.21. The van der Waals surface area contributed by atoms with Crippen LogP contribution in [-0.4, -0.2) is 21.6 Å². The molecular weight excluding hydrogens is 246 g/mol. The second kappa shape index (κ2) is 6.30. The van der Waals surface area contributed by atoms with E-state index in [4.69, 9.17) is 0 Å². The highest BCUT2D eigenvalue weighted by atomic mass is 15.1. The van der Waals surface area contributed by atoms with Gasteiger partial charge in [0, 0.05) is 30.5 Å². The topological polar surface area (TPSA) is 29.9 Å². The molecule has 2 unspecified atom stereocenters. The third kappa shape index (κ3) is 3.08. The third-order valence-corrected chi connectivity index (χ3v) is 5.55. The first-order chi connectivity index (χ1) is 9.74. The Morgan fingerprint density at radius 1 is 1.10 bits per heavy atom. The quantitative estimate of drug-likeness (QED) is 0.906. The Kier molecular flexibility index (Phi) is 4.45. The van der Waals surface area contributed by atoms with Gasteiger partial charge in [0.2, 0.25) is 0 Å². The van der Waals surface area contributed by atoms with E-state index in [0.29, 0.717) is 12.1 Å². The van der Waals surface area contributed by atoms with Crippen molar-refractivity contribution >= 4 is 0 Å². The molecule has 0 bridgehead atoms. The Labute approximate surface area is 123 Å². The maximum absolute atomic E-state index is 4.21. The molecule has 20 heavy (non-hydrogen) atoms. The van der Waals surface area contributed by atoms with Crippen LogP contribution in [0, 0.1) is 11.8 Å². The van der Waals surface area contributed by atoms with Gasteiger partial charge in [-0.3, -0.25) is 0 Å². The van der Waals surface area contributed by atoms with Gasteiger partial charge in [0.15, 0.2) is 0 Å². The van der Waals surface area contributed by atoms with Crippen LogP contribution in [-0.2, 0) is 0 Å². The lowest BCUT2D eigenvalue weighted by Gasteiger charge is -2.34. The van der Waals surface area contributed by atoms with Crippen LogP contribution in [0.1, 0.15) is 64.8 Å². The summed E-state index contributed by atoms with van der Waals surface area (Å²) in [6.07, 6.45) is 15.6. The molecule has 1 heterocycles. The molecule has 1 N–H and O–H groups in total. The summed E-state index contributed by atoms with van der Waals surface area (Å²) in [5.41, 5.74) is 0. The van der Waals surface area contributed by atoms with Gasteiger partial charge in [-0.2, -0.15) is 0 Å². The van der Waals surface area contributed by atoms with Crippen molar-refractivity contribution in [2.24, 2.45) is 11.8 Å². The van der Waals surface area contributed by atoms with Gasteiger partial charge in [0.1, 0.15) is 0 Å². The van der Waals surface area contributed by atoms with Crippen LogP contribution in [0.2, 0.25) is 0 Å². The van der Waals surface area contributed by atoms with Crippen LogP contribution in [0.3, 0.4) is 0 Å². The maximum atomic E-state index is 4.21. The normalized spacial score (nSPS) is 34.8. The third-order valence-electron chi connectivity index (χ3n) is 5.55. The van der Waals surface area contributed by atoms with Gasteiger partial charge in [0.25, 0.3) is 0 Å². The molecule has 2 fully saturated rings. The predicted molar refractivity (Wildman–Crippen MR) is 82.6 cm³/mol. The predicted octanol–water partition coefficient (Wildman–Crippen LogP) is 3.78.